The lowest BCUT2D eigenvalue weighted by atomic mass is 9.83. The minimum Gasteiger partial charge on any atom is -0.459 e. The number of ether oxygens (including phenoxy) is 2. The number of rotatable bonds is 6. The van der Waals surface area contributed by atoms with Crippen molar-refractivity contribution in [2.45, 2.75) is 63.0 Å². The summed E-state index contributed by atoms with van der Waals surface area (Å²) in [7, 11) is 0. The van der Waals surface area contributed by atoms with Crippen LogP contribution in [0.25, 0.3) is 0 Å². The number of hydrogen-bond acceptors (Lipinski definition) is 8. The fourth-order valence-corrected chi connectivity index (χ4v) is 5.72. The smallest absolute Gasteiger partial charge is 0.338 e. The number of aromatic nitrogens is 1. The number of esters is 1. The molecule has 0 saturated heterocycles. The average molecular weight is 535 g/mol. The van der Waals surface area contributed by atoms with Crippen LogP contribution in [0, 0.1) is 22.7 Å². The van der Waals surface area contributed by atoms with Crippen molar-refractivity contribution in [1.82, 2.24) is 4.98 Å². The third-order valence-corrected chi connectivity index (χ3v) is 7.59. The minimum absolute atomic E-state index is 0.0819. The number of nitriles is 2. The van der Waals surface area contributed by atoms with E-state index in [2.05, 4.69) is 12.1 Å². The van der Waals surface area contributed by atoms with E-state index in [-0.39, 0.29) is 28.5 Å². The molecule has 1 atom stereocenters. The van der Waals surface area contributed by atoms with E-state index >= 15 is 0 Å². The zero-order chi connectivity index (χ0) is 26.5. The van der Waals surface area contributed by atoms with E-state index in [4.69, 9.17) is 31.8 Å². The van der Waals surface area contributed by atoms with Crippen LogP contribution in [0.4, 0.5) is 0 Å². The molecule has 1 aliphatic heterocycles. The molecular weight excluding hydrogens is 508 g/mol. The zero-order valence-corrected chi connectivity index (χ0v) is 22.3. The molecule has 9 heteroatoms. The van der Waals surface area contributed by atoms with Crippen molar-refractivity contribution in [3.05, 3.63) is 80.5 Å². The van der Waals surface area contributed by atoms with Gasteiger partial charge in [-0.3, -0.25) is 0 Å². The topological polar surface area (TPSA) is 122 Å². The molecule has 7 nitrogen and oxygen atoms in total. The Morgan fingerprint density at radius 1 is 1.24 bits per heavy atom. The molecule has 1 aliphatic carbocycles. The van der Waals surface area contributed by atoms with Crippen LogP contribution in [-0.2, 0) is 27.1 Å². The average Bonchev–Trinajstić information content (AvgIpc) is 3.11. The summed E-state index contributed by atoms with van der Waals surface area (Å²) in [4.78, 5) is 18.2. The summed E-state index contributed by atoms with van der Waals surface area (Å²) >= 11 is 7.80. The molecule has 0 amide bonds. The van der Waals surface area contributed by atoms with Crippen LogP contribution in [-0.4, -0.2) is 22.8 Å². The normalized spacial score (nSPS) is 17.4. The molecule has 0 spiro atoms. The fourth-order valence-electron chi connectivity index (χ4n) is 4.56. The summed E-state index contributed by atoms with van der Waals surface area (Å²) < 4.78 is 11.4. The second kappa shape index (κ2) is 11.7. The molecule has 4 rings (SSSR count). The Balaban J connectivity index is 1.78. The van der Waals surface area contributed by atoms with Crippen molar-refractivity contribution < 1.29 is 14.3 Å². The van der Waals surface area contributed by atoms with Gasteiger partial charge in [0.05, 0.1) is 28.9 Å². The number of pyridine rings is 1. The summed E-state index contributed by atoms with van der Waals surface area (Å²) in [5.41, 5.74) is 9.59. The van der Waals surface area contributed by atoms with Gasteiger partial charge in [-0.25, -0.2) is 9.78 Å². The summed E-state index contributed by atoms with van der Waals surface area (Å²) in [6.07, 6.45) is 4.68. The first-order valence-corrected chi connectivity index (χ1v) is 13.5. The third kappa shape index (κ3) is 5.77. The number of benzene rings is 1. The minimum atomic E-state index is -0.857. The first kappa shape index (κ1) is 26.6. The number of aryl methyl sites for hydroxylation is 2. The Hall–Kier alpha value is -3.46. The quantitative estimate of drug-likeness (QED) is 0.285. The molecule has 0 fully saturated rings. The van der Waals surface area contributed by atoms with Gasteiger partial charge in [0.1, 0.15) is 28.5 Å². The molecule has 1 aromatic heterocycles. The summed E-state index contributed by atoms with van der Waals surface area (Å²) in [5, 5.41) is 20.7. The predicted octanol–water partition coefficient (Wildman–Crippen LogP) is 5.68. The molecule has 37 heavy (non-hydrogen) atoms. The Morgan fingerprint density at radius 3 is 2.70 bits per heavy atom. The highest BCUT2D eigenvalue weighted by molar-refractivity contribution is 7.99. The van der Waals surface area contributed by atoms with Crippen LogP contribution in [0.2, 0.25) is 5.02 Å². The van der Waals surface area contributed by atoms with Gasteiger partial charge in [-0.15, -0.1) is 0 Å². The van der Waals surface area contributed by atoms with Crippen molar-refractivity contribution in [2.24, 2.45) is 5.73 Å². The first-order valence-electron chi connectivity index (χ1n) is 12.2. The molecule has 2 aromatic rings. The van der Waals surface area contributed by atoms with Crippen LogP contribution >= 0.6 is 23.4 Å². The lowest BCUT2D eigenvalue weighted by Gasteiger charge is -2.29. The monoisotopic (exact) mass is 534 g/mol. The van der Waals surface area contributed by atoms with E-state index in [1.807, 2.05) is 6.07 Å². The van der Waals surface area contributed by atoms with E-state index in [1.165, 1.54) is 11.8 Å². The highest BCUT2D eigenvalue weighted by Gasteiger charge is 2.39. The van der Waals surface area contributed by atoms with Crippen molar-refractivity contribution >= 4 is 29.3 Å². The summed E-state index contributed by atoms with van der Waals surface area (Å²) in [5.74, 6) is -1.17. The lowest BCUT2D eigenvalue weighted by molar-refractivity contribution is -0.143. The first-order chi connectivity index (χ1) is 17.8. The Bertz CT molecular complexity index is 1370. The molecule has 1 aromatic carbocycles. The maximum absolute atomic E-state index is 13.4. The number of carbonyl (C=O) groups excluding carboxylic acids is 1. The fraction of sp³-hybridized carbons (Fsp3) is 0.357. The number of thioether (sulfide) groups is 1. The van der Waals surface area contributed by atoms with E-state index in [9.17, 15) is 15.3 Å². The van der Waals surface area contributed by atoms with Crippen molar-refractivity contribution in [1.29, 1.82) is 10.5 Å². The van der Waals surface area contributed by atoms with Gasteiger partial charge in [-0.2, -0.15) is 10.5 Å². The van der Waals surface area contributed by atoms with Crippen LogP contribution in [0.15, 0.2) is 58.1 Å². The summed E-state index contributed by atoms with van der Waals surface area (Å²) in [6.45, 7) is 3.49. The maximum atomic E-state index is 13.4. The SMILES string of the molecule is CC(C)OC(=O)C1=C(CSc2nc3c(cc2C#N)CCCCC3)OC(N)=C(C#N)C1c1ccccc1Cl. The van der Waals surface area contributed by atoms with Gasteiger partial charge in [0.2, 0.25) is 5.88 Å². The lowest BCUT2D eigenvalue weighted by Crippen LogP contribution is -2.28. The van der Waals surface area contributed by atoms with Crippen LogP contribution in [0.1, 0.15) is 61.4 Å². The molecule has 0 radical (unpaired) electrons. The number of nitrogens with zero attached hydrogens (tertiary/aromatic N) is 3. The standard InChI is InChI=1S/C28H27ClN4O3S/c1-16(2)35-28(34)25-23(36-26(32)20(14-31)24(25)19-9-6-7-10-21(19)29)15-37-27-18(13-30)12-17-8-4-3-5-11-22(17)33-27/h6-7,9-10,12,16,24H,3-5,8,11,15,32H2,1-2H3. The van der Waals surface area contributed by atoms with Crippen molar-refractivity contribution in [3.8, 4) is 12.1 Å². The second-order valence-corrected chi connectivity index (χ2v) is 10.5. The molecule has 190 valence electrons. The third-order valence-electron chi connectivity index (χ3n) is 6.25. The van der Waals surface area contributed by atoms with Gasteiger partial charge >= 0.3 is 5.97 Å². The number of allylic oxidation sites excluding steroid dienone is 1. The van der Waals surface area contributed by atoms with Gasteiger partial charge in [-0.05, 0) is 62.8 Å². The number of fused-ring (bicyclic) bond motifs is 1. The number of hydrogen-bond donors (Lipinski definition) is 1. The Morgan fingerprint density at radius 2 is 2.00 bits per heavy atom. The molecule has 0 saturated carbocycles. The van der Waals surface area contributed by atoms with Crippen molar-refractivity contribution in [3.63, 3.8) is 0 Å². The second-order valence-electron chi connectivity index (χ2n) is 9.15. The molecular formula is C28H27ClN4O3S. The van der Waals surface area contributed by atoms with Crippen LogP contribution in [0.5, 0.6) is 0 Å². The van der Waals surface area contributed by atoms with Gasteiger partial charge in [-0.1, -0.05) is 48.0 Å². The largest absolute Gasteiger partial charge is 0.459 e. The molecule has 2 aliphatic rings. The number of nitrogens with two attached hydrogens (primary N) is 1. The molecule has 2 heterocycles. The molecule has 2 N–H and O–H groups in total. The number of halogens is 1. The maximum Gasteiger partial charge on any atom is 0.338 e. The van der Waals surface area contributed by atoms with Crippen molar-refractivity contribution in [2.75, 3.05) is 5.75 Å². The van der Waals surface area contributed by atoms with Gasteiger partial charge in [0.25, 0.3) is 0 Å². The Kier molecular flexibility index (Phi) is 8.43. The van der Waals surface area contributed by atoms with Gasteiger partial charge in [0, 0.05) is 10.7 Å². The number of carbonyl (C=O) groups is 1. The predicted molar refractivity (Wildman–Crippen MR) is 141 cm³/mol. The highest BCUT2D eigenvalue weighted by Crippen LogP contribution is 2.43. The molecule has 0 bridgehead atoms. The molecule has 1 unspecified atom stereocenters. The summed E-state index contributed by atoms with van der Waals surface area (Å²) in [6, 6.07) is 13.3. The van der Waals surface area contributed by atoms with Gasteiger partial charge < -0.3 is 15.2 Å². The van der Waals surface area contributed by atoms with Gasteiger partial charge in [0.15, 0.2) is 0 Å². The zero-order valence-electron chi connectivity index (χ0n) is 20.7. The van der Waals surface area contributed by atoms with E-state index < -0.39 is 18.0 Å². The highest BCUT2D eigenvalue weighted by atomic mass is 35.5. The van der Waals surface area contributed by atoms with E-state index in [1.54, 1.807) is 38.1 Å². The van der Waals surface area contributed by atoms with E-state index in [0.717, 1.165) is 43.4 Å². The van der Waals surface area contributed by atoms with Crippen LogP contribution < -0.4 is 5.73 Å². The van der Waals surface area contributed by atoms with Crippen LogP contribution in [0.3, 0.4) is 0 Å². The van der Waals surface area contributed by atoms with E-state index in [0.29, 0.717) is 21.2 Å². The Labute approximate surface area is 225 Å².